The molecular weight excluding hydrogens is 829 g/mol. The van der Waals surface area contributed by atoms with E-state index >= 15 is 4.79 Å². The summed E-state index contributed by atoms with van der Waals surface area (Å²) in [4.78, 5) is 66.6. The highest BCUT2D eigenvalue weighted by molar-refractivity contribution is 5.97. The van der Waals surface area contributed by atoms with Crippen LogP contribution in [0.2, 0.25) is 0 Å². The van der Waals surface area contributed by atoms with Crippen LogP contribution < -0.4 is 9.64 Å². The smallest absolute Gasteiger partial charge is 0.344 e. The standard InChI is InChI=1S/C51H62N4O10/c1-8-10-11-12-14-32-15-16-38-35(23-32)34-17-21-53-28-33(26-47(4,60)29-53)27-50(41(34)52-38,45(58)63-6)37-24-36-39(25-40(37)62-5)55(30-56)43-49(36)19-22-54-20-13-18-48(9-2,42(49)54)44(65-31(3)57)51(43,61)46(59)64-7/h13,15-16,18,23-25,30,33,42-44,52,60-61H,8-11,17,19-22,26-29H2,1-7H3/t33-,42+,43-,44-,47+,48-,49-,50+,51+/m1/s1. The number of nitrogens with one attached hydrogen (secondary N) is 1. The van der Waals surface area contributed by atoms with Crippen molar-refractivity contribution in [1.82, 2.24) is 14.8 Å². The van der Waals surface area contributed by atoms with Crippen molar-refractivity contribution in [2.75, 3.05) is 59.0 Å². The van der Waals surface area contributed by atoms with E-state index in [9.17, 15) is 24.6 Å². The molecule has 1 aliphatic carbocycles. The van der Waals surface area contributed by atoms with E-state index in [1.54, 1.807) is 6.07 Å². The lowest BCUT2D eigenvalue weighted by Gasteiger charge is -2.63. The van der Waals surface area contributed by atoms with E-state index in [0.29, 0.717) is 93.1 Å². The topological polar surface area (TPSA) is 171 Å². The Bertz CT molecular complexity index is 2540. The number of hydrogen-bond acceptors (Lipinski definition) is 12. The quantitative estimate of drug-likeness (QED) is 0.0679. The average Bonchev–Trinajstić information content (AvgIpc) is 3.96. The summed E-state index contributed by atoms with van der Waals surface area (Å²) in [5.41, 5.74) is -2.59. The number of carbonyl (C=O) groups is 4. The highest BCUT2D eigenvalue weighted by Crippen LogP contribution is 2.68. The molecule has 65 heavy (non-hydrogen) atoms. The van der Waals surface area contributed by atoms with Gasteiger partial charge in [-0.25, -0.2) is 4.79 Å². The number of aliphatic hydroxyl groups is 2. The molecule has 1 amide bonds. The van der Waals surface area contributed by atoms with Gasteiger partial charge in [0.2, 0.25) is 12.0 Å². The van der Waals surface area contributed by atoms with Gasteiger partial charge in [0.1, 0.15) is 11.2 Å². The van der Waals surface area contributed by atoms with E-state index in [2.05, 4.69) is 39.6 Å². The van der Waals surface area contributed by atoms with Crippen LogP contribution in [0.5, 0.6) is 5.75 Å². The highest BCUT2D eigenvalue weighted by Gasteiger charge is 2.81. The Morgan fingerprint density at radius 3 is 2.48 bits per heavy atom. The number of methoxy groups -OCH3 is 3. The number of amides is 1. The zero-order chi connectivity index (χ0) is 46.3. The number of aromatic nitrogens is 1. The number of ether oxygens (including phenoxy) is 4. The monoisotopic (exact) mass is 890 g/mol. The Morgan fingerprint density at radius 1 is 1.00 bits per heavy atom. The second-order valence-corrected chi connectivity index (χ2v) is 19.6. The summed E-state index contributed by atoms with van der Waals surface area (Å²) in [6.07, 6.45) is 7.98. The van der Waals surface area contributed by atoms with Gasteiger partial charge in [-0.3, -0.25) is 24.2 Å². The summed E-state index contributed by atoms with van der Waals surface area (Å²) in [7, 11) is 4.09. The van der Waals surface area contributed by atoms with Crippen molar-refractivity contribution >= 4 is 40.9 Å². The lowest BCUT2D eigenvalue weighted by atomic mass is 9.47. The van der Waals surface area contributed by atoms with Crippen LogP contribution in [0.1, 0.15) is 101 Å². The molecule has 1 saturated carbocycles. The summed E-state index contributed by atoms with van der Waals surface area (Å²) in [5, 5.41) is 26.1. The SMILES string of the molecule is CCCCC#Cc1ccc2[nH]c3c(c2c1)CCN1C[C@H](C[C@](C)(O)C1)C[C@]3(C(=O)OC)c1cc2c(cc1OC)N(C=O)[C@H]1[C@@](O)(C(=O)OC)[C@H](OC(C)=O)[C@]3(CC)C=CCN4CC[C@]21[C@@H]43. The number of carbonyl (C=O) groups excluding carboxylic acids is 4. The summed E-state index contributed by atoms with van der Waals surface area (Å²) < 4.78 is 23.8. The first-order valence-electron chi connectivity index (χ1n) is 23.2. The van der Waals surface area contributed by atoms with Gasteiger partial charge in [-0.15, -0.1) is 0 Å². The third kappa shape index (κ3) is 6.43. The molecule has 14 heteroatoms. The first kappa shape index (κ1) is 45.0. The molecule has 6 aliphatic rings. The first-order chi connectivity index (χ1) is 31.1. The summed E-state index contributed by atoms with van der Waals surface area (Å²) in [6.45, 7) is 10.0. The predicted molar refractivity (Wildman–Crippen MR) is 242 cm³/mol. The molecule has 14 nitrogen and oxygen atoms in total. The van der Waals surface area contributed by atoms with Gasteiger partial charge in [-0.2, -0.15) is 0 Å². The van der Waals surface area contributed by atoms with Gasteiger partial charge in [-0.05, 0) is 93.3 Å². The van der Waals surface area contributed by atoms with Crippen molar-refractivity contribution in [3.63, 3.8) is 0 Å². The molecule has 1 spiro atoms. The molecule has 2 aromatic carbocycles. The van der Waals surface area contributed by atoms with Crippen LogP contribution in [0, 0.1) is 23.2 Å². The van der Waals surface area contributed by atoms with E-state index in [1.165, 1.54) is 33.2 Å². The summed E-state index contributed by atoms with van der Waals surface area (Å²) in [6, 6.07) is 8.03. The van der Waals surface area contributed by atoms with Gasteiger partial charge >= 0.3 is 17.9 Å². The van der Waals surface area contributed by atoms with E-state index < -0.39 is 63.5 Å². The van der Waals surface area contributed by atoms with Gasteiger partial charge in [-0.1, -0.05) is 44.3 Å². The first-order valence-corrected chi connectivity index (χ1v) is 23.2. The molecule has 0 radical (unpaired) electrons. The maximum absolute atomic E-state index is 15.5. The minimum atomic E-state index is -2.55. The zero-order valence-electron chi connectivity index (χ0n) is 38.6. The number of anilines is 1. The maximum Gasteiger partial charge on any atom is 0.344 e. The molecule has 2 saturated heterocycles. The number of fused-ring (bicyclic) bond motifs is 6. The molecule has 3 aromatic rings. The third-order valence-corrected chi connectivity index (χ3v) is 15.9. The summed E-state index contributed by atoms with van der Waals surface area (Å²) in [5.74, 6) is 4.54. The van der Waals surface area contributed by atoms with Gasteiger partial charge < -0.3 is 39.0 Å². The van der Waals surface area contributed by atoms with Gasteiger partial charge in [0.05, 0.1) is 38.7 Å². The molecule has 3 N–H and O–H groups in total. The molecule has 1 aromatic heterocycles. The lowest BCUT2D eigenvalue weighted by Crippen LogP contribution is -2.81. The van der Waals surface area contributed by atoms with Crippen LogP contribution in [0.15, 0.2) is 42.5 Å². The Kier molecular flexibility index (Phi) is 11.3. The van der Waals surface area contributed by atoms with Crippen molar-refractivity contribution in [1.29, 1.82) is 0 Å². The number of piperidine rings is 1. The van der Waals surface area contributed by atoms with Crippen molar-refractivity contribution in [3.8, 4) is 17.6 Å². The van der Waals surface area contributed by atoms with Gasteiger partial charge in [0.15, 0.2) is 6.10 Å². The Labute approximate surface area is 380 Å². The van der Waals surface area contributed by atoms with Crippen molar-refractivity contribution in [2.24, 2.45) is 11.3 Å². The molecule has 6 heterocycles. The second-order valence-electron chi connectivity index (χ2n) is 19.6. The van der Waals surface area contributed by atoms with Crippen LogP contribution in [0.25, 0.3) is 10.9 Å². The van der Waals surface area contributed by atoms with Crippen LogP contribution in [-0.4, -0.2) is 133 Å². The Morgan fingerprint density at radius 2 is 1.78 bits per heavy atom. The number of nitrogens with zero attached hydrogens (tertiary/aromatic N) is 3. The predicted octanol–water partition coefficient (Wildman–Crippen LogP) is 4.67. The number of unbranched alkanes of at least 4 members (excludes halogenated alkanes) is 2. The normalized spacial score (nSPS) is 34.4. The fraction of sp³-hybridized carbons (Fsp3) is 0.569. The molecule has 10 atom stereocenters. The Hall–Kier alpha value is -5.20. The van der Waals surface area contributed by atoms with Gasteiger partial charge in [0.25, 0.3) is 0 Å². The minimum Gasteiger partial charge on any atom is -0.496 e. The van der Waals surface area contributed by atoms with Crippen LogP contribution in [-0.2, 0) is 50.6 Å². The average molecular weight is 891 g/mol. The van der Waals surface area contributed by atoms with Crippen LogP contribution in [0.3, 0.4) is 0 Å². The molecule has 2 bridgehead atoms. The molecule has 5 aliphatic heterocycles. The maximum atomic E-state index is 15.5. The van der Waals surface area contributed by atoms with Gasteiger partial charge in [0, 0.05) is 90.2 Å². The van der Waals surface area contributed by atoms with E-state index in [-0.39, 0.29) is 12.3 Å². The van der Waals surface area contributed by atoms with E-state index in [4.69, 9.17) is 18.9 Å². The van der Waals surface area contributed by atoms with Crippen molar-refractivity contribution in [3.05, 3.63) is 70.4 Å². The van der Waals surface area contributed by atoms with Crippen molar-refractivity contribution < 1.29 is 48.3 Å². The third-order valence-electron chi connectivity index (χ3n) is 15.9. The van der Waals surface area contributed by atoms with E-state index in [1.807, 2.05) is 44.2 Å². The molecule has 3 fully saturated rings. The second kappa shape index (κ2) is 16.3. The molecular formula is C51H62N4O10. The zero-order valence-corrected chi connectivity index (χ0v) is 38.6. The minimum absolute atomic E-state index is 0.188. The van der Waals surface area contributed by atoms with Crippen LogP contribution in [0.4, 0.5) is 5.69 Å². The number of hydrogen-bond donors (Lipinski definition) is 3. The number of H-pyrrole nitrogens is 1. The van der Waals surface area contributed by atoms with Crippen molar-refractivity contribution in [2.45, 2.75) is 119 Å². The number of benzene rings is 2. The Balaban J connectivity index is 1.36. The largest absolute Gasteiger partial charge is 0.496 e. The van der Waals surface area contributed by atoms with E-state index in [0.717, 1.165) is 41.3 Å². The lowest BCUT2D eigenvalue weighted by molar-refractivity contribution is -0.228. The number of esters is 3. The van der Waals surface area contributed by atoms with Crippen LogP contribution >= 0.6 is 0 Å². The number of aromatic amines is 1. The molecule has 9 rings (SSSR count). The highest BCUT2D eigenvalue weighted by atomic mass is 16.6. The molecule has 346 valence electrons. The fourth-order valence-corrected chi connectivity index (χ4v) is 13.8. The number of rotatable bonds is 9. The summed E-state index contributed by atoms with van der Waals surface area (Å²) >= 11 is 0. The molecule has 1 unspecified atom stereocenters. The fourth-order valence-electron chi connectivity index (χ4n) is 13.8.